The third kappa shape index (κ3) is 12.8. The zero-order chi connectivity index (χ0) is 54.3. The Morgan fingerprint density at radius 2 is 0.538 bits per heavy atom. The Kier molecular flexibility index (Phi) is 18.0. The number of rotatable bonds is 12. The van der Waals surface area contributed by atoms with Crippen LogP contribution in [0.25, 0.3) is 88.7 Å². The van der Waals surface area contributed by atoms with Crippen molar-refractivity contribution in [1.82, 2.24) is 39.9 Å². The van der Waals surface area contributed by atoms with Crippen molar-refractivity contribution < 1.29 is 39.6 Å². The minimum absolute atomic E-state index is 0. The number of aryl methyl sites for hydroxylation is 4. The molecule has 0 spiro atoms. The first kappa shape index (κ1) is 58.2. The van der Waals surface area contributed by atoms with Gasteiger partial charge in [0.15, 0.2) is 0 Å². The number of carbonyl (C=O) groups is 4. The maximum absolute atomic E-state index is 11.4. The van der Waals surface area contributed by atoms with Crippen LogP contribution >= 0.6 is 48.0 Å². The minimum Gasteiger partial charge on any atom is -0.481 e. The number of hydrogen-bond acceptors (Lipinski definition) is 8. The number of aromatic nitrogens is 8. The van der Waals surface area contributed by atoms with Crippen molar-refractivity contribution in [1.29, 1.82) is 0 Å². The summed E-state index contributed by atoms with van der Waals surface area (Å²) >= 11 is 0. The first-order chi connectivity index (χ1) is 36.2. The number of allylic oxidation sites excluding steroid dienone is 8. The van der Waals surface area contributed by atoms with Crippen molar-refractivity contribution in [3.63, 3.8) is 0 Å². The average Bonchev–Trinajstić information content (AvgIpc) is 4.23. The molecule has 16 nitrogen and oxygen atoms in total. The number of aromatic amines is 4. The van der Waals surface area contributed by atoms with Crippen molar-refractivity contribution in [2.24, 2.45) is 0 Å². The van der Waals surface area contributed by atoms with Crippen LogP contribution in [0.4, 0.5) is 0 Å². The van der Waals surface area contributed by atoms with E-state index < -0.39 is 23.9 Å². The Balaban J connectivity index is 0.000000220. The third-order valence-corrected chi connectivity index (χ3v) is 14.5. The molecule has 0 saturated carbocycles. The predicted molar refractivity (Wildman–Crippen MR) is 329 cm³/mol. The molecule has 0 radical (unpaired) electrons. The average molecular weight is 1280 g/mol. The smallest absolute Gasteiger partial charge is 0.303 e. The Hall–Kier alpha value is -7.46. The molecule has 0 unspecified atom stereocenters. The van der Waals surface area contributed by atoms with Gasteiger partial charge in [-0.15, -0.1) is 48.0 Å². The molecule has 4 aliphatic rings. The summed E-state index contributed by atoms with van der Waals surface area (Å²) in [5, 5.41) is 37.4. The predicted octanol–water partition coefficient (Wildman–Crippen LogP) is 14.3. The van der Waals surface area contributed by atoms with E-state index in [1.165, 1.54) is 0 Å². The van der Waals surface area contributed by atoms with Crippen LogP contribution in [0.15, 0.2) is 72.8 Å². The quantitative estimate of drug-likeness (QED) is 0.0532. The van der Waals surface area contributed by atoms with Crippen LogP contribution in [0.2, 0.25) is 0 Å². The summed E-state index contributed by atoms with van der Waals surface area (Å²) in [4.78, 5) is 79.2. The summed E-state index contributed by atoms with van der Waals surface area (Å²) in [6, 6.07) is 24.2. The van der Waals surface area contributed by atoms with E-state index in [2.05, 4.69) is 70.2 Å². The molecule has 404 valence electrons. The molecule has 0 aliphatic carbocycles. The summed E-state index contributed by atoms with van der Waals surface area (Å²) in [5.41, 5.74) is 24.7. The molecular formula is C60H62I2N8O8. The van der Waals surface area contributed by atoms with Crippen molar-refractivity contribution >= 4 is 161 Å². The molecule has 16 bridgehead atoms. The second-order valence-electron chi connectivity index (χ2n) is 20.0. The van der Waals surface area contributed by atoms with Crippen LogP contribution in [-0.2, 0) is 19.2 Å². The van der Waals surface area contributed by atoms with Crippen LogP contribution in [0, 0.1) is 27.7 Å². The fourth-order valence-corrected chi connectivity index (χ4v) is 10.2. The molecule has 10 heterocycles. The normalized spacial score (nSPS) is 13.0. The van der Waals surface area contributed by atoms with Crippen LogP contribution in [0.3, 0.4) is 0 Å². The molecule has 10 rings (SSSR count). The van der Waals surface area contributed by atoms with E-state index in [1.54, 1.807) is 0 Å². The van der Waals surface area contributed by atoms with E-state index in [0.29, 0.717) is 48.5 Å². The maximum Gasteiger partial charge on any atom is 0.303 e. The lowest BCUT2D eigenvalue weighted by molar-refractivity contribution is -0.137. The molecular weight excluding hydrogens is 1210 g/mol. The van der Waals surface area contributed by atoms with E-state index in [0.717, 1.165) is 134 Å². The van der Waals surface area contributed by atoms with Crippen molar-refractivity contribution in [3.05, 3.63) is 141 Å². The summed E-state index contributed by atoms with van der Waals surface area (Å²) in [5.74, 6) is -3.49. The number of H-pyrrole nitrogens is 4. The number of aliphatic carboxylic acids is 4. The van der Waals surface area contributed by atoms with Gasteiger partial charge in [0.1, 0.15) is 0 Å². The molecule has 6 aromatic rings. The van der Waals surface area contributed by atoms with Crippen molar-refractivity contribution in [3.8, 4) is 0 Å². The highest BCUT2D eigenvalue weighted by atomic mass is 127. The van der Waals surface area contributed by atoms with Gasteiger partial charge >= 0.3 is 23.9 Å². The Labute approximate surface area is 484 Å². The lowest BCUT2D eigenvalue weighted by atomic mass is 9.98. The maximum atomic E-state index is 11.4. The number of carboxylic acids is 4. The summed E-state index contributed by atoms with van der Waals surface area (Å²) < 4.78 is 0. The topological polar surface area (TPSA) is 264 Å². The highest BCUT2D eigenvalue weighted by Crippen LogP contribution is 2.40. The lowest BCUT2D eigenvalue weighted by Crippen LogP contribution is -1.97. The zero-order valence-electron chi connectivity index (χ0n) is 44.6. The van der Waals surface area contributed by atoms with E-state index in [4.69, 9.17) is 19.9 Å². The molecule has 0 aromatic carbocycles. The second-order valence-corrected chi connectivity index (χ2v) is 20.0. The van der Waals surface area contributed by atoms with Crippen LogP contribution in [-0.4, -0.2) is 84.2 Å². The number of nitrogens with one attached hydrogen (secondary N) is 4. The Morgan fingerprint density at radius 1 is 0.321 bits per heavy atom. The molecule has 6 aromatic heterocycles. The van der Waals surface area contributed by atoms with Gasteiger partial charge in [-0.05, 0) is 221 Å². The Bertz CT molecular complexity index is 3710. The molecule has 0 saturated heterocycles. The highest BCUT2D eigenvalue weighted by molar-refractivity contribution is 14.0. The first-order valence-corrected chi connectivity index (χ1v) is 25.3. The van der Waals surface area contributed by atoms with E-state index in [9.17, 15) is 39.6 Å². The standard InChI is InChI=1S/2C30H30N4O4.2HI/c2*1-15-9-20-12-25-17(3)21(5-7-29(35)36)27(33-25)14-28-22(6-8-30(37)38)18(4)26(34-28)13-24-16(2)10-19(32-24)11-23(15)31-20;;/h2*9-14,31-32H,5-8H2,1-4H3,(H,35,36)(H,37,38);2*1H. The molecule has 78 heavy (non-hydrogen) atoms. The molecule has 0 fully saturated rings. The lowest BCUT2D eigenvalue weighted by Gasteiger charge is -2.05. The van der Waals surface area contributed by atoms with E-state index in [1.807, 2.05) is 77.9 Å². The fraction of sp³-hybridized carbons (Fsp3) is 0.267. The van der Waals surface area contributed by atoms with Crippen LogP contribution in [0.5, 0.6) is 0 Å². The van der Waals surface area contributed by atoms with Gasteiger partial charge in [-0.25, -0.2) is 19.9 Å². The zero-order valence-corrected chi connectivity index (χ0v) is 49.3. The van der Waals surface area contributed by atoms with Gasteiger partial charge in [0.2, 0.25) is 0 Å². The van der Waals surface area contributed by atoms with Gasteiger partial charge in [-0.2, -0.15) is 0 Å². The fourth-order valence-electron chi connectivity index (χ4n) is 10.2. The summed E-state index contributed by atoms with van der Waals surface area (Å²) in [6.07, 6.45) is 1.29. The summed E-state index contributed by atoms with van der Waals surface area (Å²) in [6.45, 7) is 16.0. The van der Waals surface area contributed by atoms with Gasteiger partial charge in [0, 0.05) is 69.8 Å². The summed E-state index contributed by atoms with van der Waals surface area (Å²) in [7, 11) is 0. The van der Waals surface area contributed by atoms with E-state index in [-0.39, 0.29) is 73.6 Å². The van der Waals surface area contributed by atoms with Crippen LogP contribution in [0.1, 0.15) is 147 Å². The van der Waals surface area contributed by atoms with E-state index >= 15 is 0 Å². The molecule has 4 aliphatic heterocycles. The van der Waals surface area contributed by atoms with Crippen molar-refractivity contribution in [2.45, 2.75) is 107 Å². The van der Waals surface area contributed by atoms with Gasteiger partial charge < -0.3 is 40.4 Å². The molecule has 0 amide bonds. The van der Waals surface area contributed by atoms with Gasteiger partial charge in [0.25, 0.3) is 0 Å². The van der Waals surface area contributed by atoms with Crippen LogP contribution < -0.4 is 0 Å². The first-order valence-electron chi connectivity index (χ1n) is 25.3. The molecule has 8 N–H and O–H groups in total. The SMILES string of the molecule is CC1=C(CCC(=O)O)c2cc3nc(cc4[nH]c(cc4C)cc4[nH]c(cc1n2)cc4C)C(C)=C3CCC(=O)O.CC1=C(CCC(=O)O)c2cc3nc(cc4[nH]c(cc4C)cc4[nH]c(cc1n2)cc4C)C(C)=C3CCC(=O)O.I.I. The van der Waals surface area contributed by atoms with Crippen molar-refractivity contribution in [2.75, 3.05) is 0 Å². The monoisotopic (exact) mass is 1280 g/mol. The number of carboxylic acid groups (broad SMARTS) is 4. The minimum atomic E-state index is -0.873. The van der Waals surface area contributed by atoms with Gasteiger partial charge in [-0.1, -0.05) is 0 Å². The van der Waals surface area contributed by atoms with Gasteiger partial charge in [-0.3, -0.25) is 19.2 Å². The largest absolute Gasteiger partial charge is 0.481 e. The molecule has 0 atom stereocenters. The molecule has 18 heteroatoms. The number of hydrogen-bond donors (Lipinski definition) is 8. The number of nitrogens with zero attached hydrogens (tertiary/aromatic N) is 4. The highest BCUT2D eigenvalue weighted by Gasteiger charge is 2.24. The third-order valence-electron chi connectivity index (χ3n) is 14.5. The Morgan fingerprint density at radius 3 is 0.782 bits per heavy atom. The second kappa shape index (κ2) is 24.1. The number of fused-ring (bicyclic) bond motifs is 16. The number of halogens is 2. The van der Waals surface area contributed by atoms with Gasteiger partial charge in [0.05, 0.1) is 45.6 Å².